The number of hydrogen-bond acceptors (Lipinski definition) is 4. The molecule has 122 valence electrons. The van der Waals surface area contributed by atoms with E-state index < -0.39 is 0 Å². The van der Waals surface area contributed by atoms with Crippen molar-refractivity contribution in [2.75, 3.05) is 0 Å². The van der Waals surface area contributed by atoms with Gasteiger partial charge < -0.3 is 4.98 Å². The second-order valence-electron chi connectivity index (χ2n) is 5.96. The van der Waals surface area contributed by atoms with Crippen molar-refractivity contribution < 1.29 is 0 Å². The minimum Gasteiger partial charge on any atom is -0.345 e. The zero-order chi connectivity index (χ0) is 17.4. The number of benzene rings is 1. The Kier molecular flexibility index (Phi) is 3.61. The topological polar surface area (TPSA) is 71.5 Å². The number of nitrogens with one attached hydrogen (secondary N) is 1. The van der Waals surface area contributed by atoms with Crippen LogP contribution in [0.3, 0.4) is 0 Å². The first-order valence-electron chi connectivity index (χ1n) is 8.02. The minimum absolute atomic E-state index is 0.149. The summed E-state index contributed by atoms with van der Waals surface area (Å²) in [6.45, 7) is 3.89. The first-order valence-corrected chi connectivity index (χ1v) is 8.02. The van der Waals surface area contributed by atoms with Gasteiger partial charge in [0.1, 0.15) is 0 Å². The minimum atomic E-state index is -0.149. The van der Waals surface area contributed by atoms with Crippen molar-refractivity contribution in [1.29, 1.82) is 0 Å². The average molecular weight is 328 g/mol. The van der Waals surface area contributed by atoms with Crippen LogP contribution in [-0.4, -0.2) is 19.9 Å². The van der Waals surface area contributed by atoms with E-state index in [0.29, 0.717) is 16.9 Å². The van der Waals surface area contributed by atoms with Crippen LogP contribution >= 0.6 is 0 Å². The van der Waals surface area contributed by atoms with Crippen molar-refractivity contribution in [2.24, 2.45) is 0 Å². The standard InChI is InChI=1S/C20H16N4O/c1-12-10-15(11-13(2)22-12)18-17(14-6-4-3-5-7-14)24-20-19(23-18)16(25)8-9-21-20/h3-11H,1-2H3,(H,21,24,25). The van der Waals surface area contributed by atoms with Crippen molar-refractivity contribution in [3.05, 3.63) is 76.3 Å². The summed E-state index contributed by atoms with van der Waals surface area (Å²) in [5.41, 5.74) is 5.75. The van der Waals surface area contributed by atoms with E-state index >= 15 is 0 Å². The molecule has 0 aliphatic heterocycles. The summed E-state index contributed by atoms with van der Waals surface area (Å²) in [6.07, 6.45) is 1.59. The molecule has 4 rings (SSSR count). The third kappa shape index (κ3) is 2.80. The fourth-order valence-electron chi connectivity index (χ4n) is 2.95. The maximum Gasteiger partial charge on any atom is 0.209 e. The molecule has 0 bridgehead atoms. The molecule has 0 unspecified atom stereocenters. The van der Waals surface area contributed by atoms with Gasteiger partial charge >= 0.3 is 0 Å². The fourth-order valence-corrected chi connectivity index (χ4v) is 2.95. The van der Waals surface area contributed by atoms with Gasteiger partial charge in [0.2, 0.25) is 5.43 Å². The molecule has 4 aromatic rings. The molecule has 3 heterocycles. The molecule has 0 aliphatic rings. The molecule has 3 aromatic heterocycles. The Bertz CT molecular complexity index is 1110. The largest absolute Gasteiger partial charge is 0.345 e. The van der Waals surface area contributed by atoms with Crippen LogP contribution in [0.4, 0.5) is 0 Å². The predicted octanol–water partition coefficient (Wildman–Crippen LogP) is 3.66. The zero-order valence-electron chi connectivity index (χ0n) is 13.9. The number of nitrogens with zero attached hydrogens (tertiary/aromatic N) is 3. The van der Waals surface area contributed by atoms with Crippen molar-refractivity contribution >= 4 is 11.2 Å². The highest BCUT2D eigenvalue weighted by Crippen LogP contribution is 2.30. The maximum atomic E-state index is 12.2. The Labute approximate surface area is 144 Å². The van der Waals surface area contributed by atoms with Crippen LogP contribution in [0.5, 0.6) is 0 Å². The second kappa shape index (κ2) is 5.94. The highest BCUT2D eigenvalue weighted by molar-refractivity contribution is 5.84. The second-order valence-corrected chi connectivity index (χ2v) is 5.96. The Morgan fingerprint density at radius 2 is 1.48 bits per heavy atom. The van der Waals surface area contributed by atoms with Gasteiger partial charge in [0.25, 0.3) is 0 Å². The van der Waals surface area contributed by atoms with Crippen molar-refractivity contribution in [3.63, 3.8) is 0 Å². The quantitative estimate of drug-likeness (QED) is 0.609. The summed E-state index contributed by atoms with van der Waals surface area (Å²) in [5.74, 6) is 0. The van der Waals surface area contributed by atoms with Crippen molar-refractivity contribution in [3.8, 4) is 22.5 Å². The summed E-state index contributed by atoms with van der Waals surface area (Å²) >= 11 is 0. The summed E-state index contributed by atoms with van der Waals surface area (Å²) in [5, 5.41) is 0. The summed E-state index contributed by atoms with van der Waals surface area (Å²) in [7, 11) is 0. The normalized spacial score (nSPS) is 11.0. The van der Waals surface area contributed by atoms with Crippen LogP contribution in [0.2, 0.25) is 0 Å². The van der Waals surface area contributed by atoms with Crippen molar-refractivity contribution in [1.82, 2.24) is 19.9 Å². The number of aryl methyl sites for hydroxylation is 2. The van der Waals surface area contributed by atoms with Crippen LogP contribution in [0, 0.1) is 13.8 Å². The Hall–Kier alpha value is -3.34. The molecule has 0 atom stereocenters. The van der Waals surface area contributed by atoms with Crippen LogP contribution in [0.1, 0.15) is 11.4 Å². The van der Waals surface area contributed by atoms with E-state index in [9.17, 15) is 4.79 Å². The lowest BCUT2D eigenvalue weighted by molar-refractivity contribution is 1.12. The highest BCUT2D eigenvalue weighted by atomic mass is 16.1. The van der Waals surface area contributed by atoms with Gasteiger partial charge in [-0.1, -0.05) is 30.3 Å². The Morgan fingerprint density at radius 3 is 2.20 bits per heavy atom. The zero-order valence-corrected chi connectivity index (χ0v) is 13.9. The SMILES string of the molecule is Cc1cc(-c2nc3c(=O)cc[nH]c3nc2-c2ccccc2)cc(C)n1. The molecule has 0 saturated heterocycles. The number of pyridine rings is 2. The molecule has 25 heavy (non-hydrogen) atoms. The van der Waals surface area contributed by atoms with Gasteiger partial charge in [-0.3, -0.25) is 9.78 Å². The van der Waals surface area contributed by atoms with Gasteiger partial charge in [-0.2, -0.15) is 0 Å². The molecule has 5 heteroatoms. The van der Waals surface area contributed by atoms with Gasteiger partial charge in [-0.05, 0) is 26.0 Å². The number of fused-ring (bicyclic) bond motifs is 1. The summed E-state index contributed by atoms with van der Waals surface area (Å²) in [4.78, 5) is 29.0. The molecule has 5 nitrogen and oxygen atoms in total. The lowest BCUT2D eigenvalue weighted by atomic mass is 10.0. The van der Waals surface area contributed by atoms with E-state index in [0.717, 1.165) is 28.2 Å². The van der Waals surface area contributed by atoms with E-state index in [1.54, 1.807) is 6.20 Å². The maximum absolute atomic E-state index is 12.2. The third-order valence-corrected chi connectivity index (χ3v) is 3.99. The van der Waals surface area contributed by atoms with Crippen molar-refractivity contribution in [2.45, 2.75) is 13.8 Å². The number of aromatic nitrogens is 4. The molecule has 0 amide bonds. The summed E-state index contributed by atoms with van der Waals surface area (Å²) < 4.78 is 0. The van der Waals surface area contributed by atoms with E-state index in [4.69, 9.17) is 4.98 Å². The molecule has 1 N–H and O–H groups in total. The highest BCUT2D eigenvalue weighted by Gasteiger charge is 2.15. The van der Waals surface area contributed by atoms with Gasteiger partial charge in [0, 0.05) is 34.8 Å². The number of hydrogen-bond donors (Lipinski definition) is 1. The van der Waals surface area contributed by atoms with Gasteiger partial charge in [-0.15, -0.1) is 0 Å². The van der Waals surface area contributed by atoms with Gasteiger partial charge in [0.05, 0.1) is 11.4 Å². The molecule has 0 spiro atoms. The van der Waals surface area contributed by atoms with E-state index in [1.807, 2.05) is 56.3 Å². The van der Waals surface area contributed by atoms with E-state index in [1.165, 1.54) is 6.07 Å². The molecule has 0 aliphatic carbocycles. The first kappa shape index (κ1) is 15.2. The number of aromatic amines is 1. The van der Waals surface area contributed by atoms with Crippen LogP contribution in [0.15, 0.2) is 59.5 Å². The predicted molar refractivity (Wildman–Crippen MR) is 98.3 cm³/mol. The number of rotatable bonds is 2. The number of H-pyrrole nitrogens is 1. The molecule has 1 aromatic carbocycles. The molecule has 0 radical (unpaired) electrons. The fraction of sp³-hybridized carbons (Fsp3) is 0.100. The molecule has 0 saturated carbocycles. The van der Waals surface area contributed by atoms with Crippen LogP contribution in [-0.2, 0) is 0 Å². The monoisotopic (exact) mass is 328 g/mol. The van der Waals surface area contributed by atoms with E-state index in [2.05, 4.69) is 15.0 Å². The first-order chi connectivity index (χ1) is 12.1. The molecular formula is C20H16N4O. The van der Waals surface area contributed by atoms with E-state index in [-0.39, 0.29) is 5.43 Å². The van der Waals surface area contributed by atoms with Gasteiger partial charge in [-0.25, -0.2) is 9.97 Å². The van der Waals surface area contributed by atoms with Crippen LogP contribution < -0.4 is 5.43 Å². The molecular weight excluding hydrogens is 312 g/mol. The average Bonchev–Trinajstić information content (AvgIpc) is 2.61. The smallest absolute Gasteiger partial charge is 0.209 e. The summed E-state index contributed by atoms with van der Waals surface area (Å²) in [6, 6.07) is 15.2. The lowest BCUT2D eigenvalue weighted by Crippen LogP contribution is -2.07. The van der Waals surface area contributed by atoms with Crippen LogP contribution in [0.25, 0.3) is 33.7 Å². The van der Waals surface area contributed by atoms with Gasteiger partial charge in [0.15, 0.2) is 11.2 Å². The molecule has 0 fully saturated rings. The Balaban J connectivity index is 2.10. The third-order valence-electron chi connectivity index (χ3n) is 3.99. The lowest BCUT2D eigenvalue weighted by Gasteiger charge is -2.11. The Morgan fingerprint density at radius 1 is 0.800 bits per heavy atom.